The van der Waals surface area contributed by atoms with E-state index in [1.165, 1.54) is 6.07 Å². The molecule has 3 N–H and O–H groups in total. The molecule has 0 aliphatic rings. The van der Waals surface area contributed by atoms with Crippen LogP contribution >= 0.6 is 0 Å². The summed E-state index contributed by atoms with van der Waals surface area (Å²) in [5.41, 5.74) is 6.34. The highest BCUT2D eigenvalue weighted by Gasteiger charge is 2.18. The first-order valence-electron chi connectivity index (χ1n) is 11.3. The van der Waals surface area contributed by atoms with Crippen LogP contribution in [0.15, 0.2) is 67.3 Å². The fourth-order valence-corrected chi connectivity index (χ4v) is 4.20. The van der Waals surface area contributed by atoms with E-state index in [2.05, 4.69) is 40.4 Å². The lowest BCUT2D eigenvalue weighted by molar-refractivity contribution is 0.632. The van der Waals surface area contributed by atoms with Gasteiger partial charge in [0.2, 0.25) is 0 Å². The number of aromatic nitrogens is 7. The average molecular weight is 465 g/mol. The smallest absolute Gasteiger partial charge is 0.178 e. The van der Waals surface area contributed by atoms with Crippen LogP contribution in [0.4, 0.5) is 4.39 Å². The van der Waals surface area contributed by atoms with Gasteiger partial charge in [0.25, 0.3) is 0 Å². The number of aromatic amines is 2. The van der Waals surface area contributed by atoms with Gasteiger partial charge in [-0.3, -0.25) is 15.1 Å². The molecule has 6 rings (SSSR count). The third-order valence-electron chi connectivity index (χ3n) is 5.89. The number of H-pyrrole nitrogens is 2. The Balaban J connectivity index is 1.47. The molecule has 172 valence electrons. The maximum absolute atomic E-state index is 15.1. The predicted octanol–water partition coefficient (Wildman–Crippen LogP) is 4.87. The highest BCUT2D eigenvalue weighted by atomic mass is 19.1. The Morgan fingerprint density at radius 3 is 2.80 bits per heavy atom. The molecule has 0 unspecified atom stereocenters. The topological polar surface area (TPSA) is 108 Å². The number of hydrogen-bond donors (Lipinski definition) is 3. The van der Waals surface area contributed by atoms with Crippen molar-refractivity contribution in [3.8, 4) is 33.9 Å². The molecule has 1 aromatic carbocycles. The third-order valence-corrected chi connectivity index (χ3v) is 5.89. The van der Waals surface area contributed by atoms with Crippen molar-refractivity contribution in [1.82, 2.24) is 40.4 Å². The zero-order valence-electron chi connectivity index (χ0n) is 18.9. The second-order valence-electron chi connectivity index (χ2n) is 8.17. The molecular weight excluding hydrogens is 443 g/mol. The van der Waals surface area contributed by atoms with Gasteiger partial charge in [-0.1, -0.05) is 13.0 Å². The van der Waals surface area contributed by atoms with Crippen LogP contribution in [-0.2, 0) is 6.54 Å². The first-order valence-corrected chi connectivity index (χ1v) is 11.3. The Labute approximate surface area is 199 Å². The van der Waals surface area contributed by atoms with Gasteiger partial charge in [-0.15, -0.1) is 0 Å². The minimum absolute atomic E-state index is 0.348. The largest absolute Gasteiger partial charge is 0.335 e. The molecule has 0 radical (unpaired) electrons. The lowest BCUT2D eigenvalue weighted by Gasteiger charge is -2.07. The summed E-state index contributed by atoms with van der Waals surface area (Å²) in [7, 11) is 0. The zero-order chi connectivity index (χ0) is 23.8. The number of fused-ring (bicyclic) bond motifs is 2. The van der Waals surface area contributed by atoms with Gasteiger partial charge in [0.15, 0.2) is 11.5 Å². The van der Waals surface area contributed by atoms with E-state index < -0.39 is 0 Å². The lowest BCUT2D eigenvalue weighted by Crippen LogP contribution is -2.11. The molecule has 5 aromatic heterocycles. The van der Waals surface area contributed by atoms with E-state index in [0.717, 1.165) is 34.3 Å². The van der Waals surface area contributed by atoms with Gasteiger partial charge in [0.1, 0.15) is 11.5 Å². The van der Waals surface area contributed by atoms with Crippen molar-refractivity contribution in [1.29, 1.82) is 0 Å². The molecule has 0 aliphatic carbocycles. The summed E-state index contributed by atoms with van der Waals surface area (Å²) in [6, 6.07) is 12.8. The molecule has 6 aromatic rings. The first-order chi connectivity index (χ1) is 17.2. The Morgan fingerprint density at radius 2 is 1.94 bits per heavy atom. The van der Waals surface area contributed by atoms with Crippen molar-refractivity contribution < 1.29 is 4.39 Å². The first kappa shape index (κ1) is 21.1. The number of nitrogens with one attached hydrogen (secondary N) is 3. The summed E-state index contributed by atoms with van der Waals surface area (Å²) in [4.78, 5) is 21.2. The molecule has 5 heterocycles. The fourth-order valence-electron chi connectivity index (χ4n) is 4.20. The van der Waals surface area contributed by atoms with Crippen molar-refractivity contribution in [3.63, 3.8) is 0 Å². The quantitative estimate of drug-likeness (QED) is 0.324. The van der Waals surface area contributed by atoms with E-state index in [-0.39, 0.29) is 5.82 Å². The van der Waals surface area contributed by atoms with Crippen LogP contribution in [0.2, 0.25) is 0 Å². The minimum atomic E-state index is -0.348. The Kier molecular flexibility index (Phi) is 5.23. The SMILES string of the molecule is CCNCc1cncc(-c2cc3c(-c4nc5nccc(-c6ccccn6)c5[nH]4)n[nH]c3cc2F)c1. The summed E-state index contributed by atoms with van der Waals surface area (Å²) in [6.45, 7) is 3.55. The van der Waals surface area contributed by atoms with Crippen LogP contribution < -0.4 is 5.32 Å². The van der Waals surface area contributed by atoms with Crippen LogP contribution in [0.25, 0.3) is 56.0 Å². The second-order valence-corrected chi connectivity index (χ2v) is 8.17. The Hall–Kier alpha value is -4.50. The van der Waals surface area contributed by atoms with Gasteiger partial charge in [-0.05, 0) is 42.4 Å². The molecule has 0 bridgehead atoms. The van der Waals surface area contributed by atoms with Crippen LogP contribution in [0.1, 0.15) is 12.5 Å². The van der Waals surface area contributed by atoms with Crippen molar-refractivity contribution in [3.05, 3.63) is 78.6 Å². The summed E-state index contributed by atoms with van der Waals surface area (Å²) in [6.07, 6.45) is 6.91. The molecule has 8 nitrogen and oxygen atoms in total. The molecular formula is C26H21FN8. The van der Waals surface area contributed by atoms with Gasteiger partial charge >= 0.3 is 0 Å². The summed E-state index contributed by atoms with van der Waals surface area (Å²) in [5, 5.41) is 11.4. The van der Waals surface area contributed by atoms with Gasteiger partial charge in [-0.25, -0.2) is 14.4 Å². The van der Waals surface area contributed by atoms with Gasteiger partial charge in [0, 0.05) is 59.5 Å². The van der Waals surface area contributed by atoms with E-state index in [4.69, 9.17) is 0 Å². The molecule has 0 fully saturated rings. The summed E-state index contributed by atoms with van der Waals surface area (Å²) in [5.74, 6) is 0.192. The maximum Gasteiger partial charge on any atom is 0.178 e. The highest BCUT2D eigenvalue weighted by Crippen LogP contribution is 2.33. The monoisotopic (exact) mass is 464 g/mol. The van der Waals surface area contributed by atoms with E-state index in [1.54, 1.807) is 30.9 Å². The van der Waals surface area contributed by atoms with E-state index >= 15 is 4.39 Å². The summed E-state index contributed by atoms with van der Waals surface area (Å²) < 4.78 is 15.1. The molecule has 0 saturated carbocycles. The molecule has 0 saturated heterocycles. The van der Waals surface area contributed by atoms with Gasteiger partial charge in [-0.2, -0.15) is 5.10 Å². The van der Waals surface area contributed by atoms with E-state index in [9.17, 15) is 0 Å². The average Bonchev–Trinajstić information content (AvgIpc) is 3.51. The van der Waals surface area contributed by atoms with Gasteiger partial charge < -0.3 is 10.3 Å². The van der Waals surface area contributed by atoms with Crippen LogP contribution in [0, 0.1) is 5.82 Å². The van der Waals surface area contributed by atoms with Crippen molar-refractivity contribution in [2.24, 2.45) is 0 Å². The maximum atomic E-state index is 15.1. The molecule has 0 amide bonds. The molecule has 0 aliphatic heterocycles. The highest BCUT2D eigenvalue weighted by molar-refractivity contribution is 5.97. The van der Waals surface area contributed by atoms with Crippen LogP contribution in [0.3, 0.4) is 0 Å². The molecule has 35 heavy (non-hydrogen) atoms. The number of hydrogen-bond acceptors (Lipinski definition) is 6. The number of halogens is 1. The fraction of sp³-hybridized carbons (Fsp3) is 0.115. The normalized spacial score (nSPS) is 11.5. The Bertz CT molecular complexity index is 1660. The van der Waals surface area contributed by atoms with E-state index in [1.807, 2.05) is 37.3 Å². The second kappa shape index (κ2) is 8.69. The standard InChI is InChI=1S/C26H21FN8/c1-2-28-12-15-9-16(14-29-13-15)18-10-19-22(11-20(18)27)34-35-24(19)26-32-23-17(6-8-31-25(23)33-26)21-5-3-4-7-30-21/h3-11,13-14,28H,2,12H2,1H3,(H,34,35)(H,31,32,33). The Morgan fingerprint density at radius 1 is 1.00 bits per heavy atom. The number of imidazole rings is 1. The van der Waals surface area contributed by atoms with Gasteiger partial charge in [0.05, 0.1) is 16.7 Å². The van der Waals surface area contributed by atoms with Crippen LogP contribution in [0.5, 0.6) is 0 Å². The zero-order valence-corrected chi connectivity index (χ0v) is 18.9. The molecule has 9 heteroatoms. The van der Waals surface area contributed by atoms with Crippen molar-refractivity contribution in [2.75, 3.05) is 6.54 Å². The third kappa shape index (κ3) is 3.81. The number of benzene rings is 1. The van der Waals surface area contributed by atoms with Crippen LogP contribution in [-0.4, -0.2) is 41.7 Å². The molecule has 0 spiro atoms. The van der Waals surface area contributed by atoms with Crippen molar-refractivity contribution >= 4 is 22.1 Å². The summed E-state index contributed by atoms with van der Waals surface area (Å²) >= 11 is 0. The molecule has 0 atom stereocenters. The number of pyridine rings is 3. The number of nitrogens with zero attached hydrogens (tertiary/aromatic N) is 5. The van der Waals surface area contributed by atoms with E-state index in [0.29, 0.717) is 40.4 Å². The minimum Gasteiger partial charge on any atom is -0.335 e. The van der Waals surface area contributed by atoms with Crippen molar-refractivity contribution in [2.45, 2.75) is 13.5 Å². The lowest BCUT2D eigenvalue weighted by atomic mass is 10.0. The predicted molar refractivity (Wildman–Crippen MR) is 133 cm³/mol. The number of rotatable bonds is 6.